The first-order valence-electron chi connectivity index (χ1n) is 5.40. The summed E-state index contributed by atoms with van der Waals surface area (Å²) in [6.45, 7) is 0. The average molecular weight is 281 g/mol. The highest BCUT2D eigenvalue weighted by Crippen LogP contribution is 2.26. The van der Waals surface area contributed by atoms with E-state index in [0.29, 0.717) is 10.7 Å². The standard InChI is InChI=1S/C13H7ClF2N2O/c14-7-2-1-3-8(6-7)17-13-18-10-5-4-9(15)11(16)12(10)19-13/h1-6H,(H,17,18). The second kappa shape index (κ2) is 4.51. The van der Waals surface area contributed by atoms with Gasteiger partial charge in [0.1, 0.15) is 5.52 Å². The summed E-state index contributed by atoms with van der Waals surface area (Å²) in [5.41, 5.74) is 0.660. The lowest BCUT2D eigenvalue weighted by molar-refractivity contribution is 0.494. The fraction of sp³-hybridized carbons (Fsp3) is 0. The van der Waals surface area contributed by atoms with Crippen molar-refractivity contribution >= 4 is 34.4 Å². The van der Waals surface area contributed by atoms with Gasteiger partial charge in [0.15, 0.2) is 11.4 Å². The lowest BCUT2D eigenvalue weighted by Crippen LogP contribution is -1.89. The van der Waals surface area contributed by atoms with E-state index >= 15 is 0 Å². The minimum atomic E-state index is -1.05. The van der Waals surface area contributed by atoms with Crippen LogP contribution < -0.4 is 5.32 Å². The molecule has 0 saturated carbocycles. The predicted molar refractivity (Wildman–Crippen MR) is 68.7 cm³/mol. The van der Waals surface area contributed by atoms with E-state index in [4.69, 9.17) is 16.0 Å². The molecule has 0 spiro atoms. The third kappa shape index (κ3) is 2.24. The molecule has 0 aliphatic rings. The van der Waals surface area contributed by atoms with E-state index in [1.807, 2.05) is 0 Å². The number of nitrogens with zero attached hydrogens (tertiary/aromatic N) is 1. The first kappa shape index (κ1) is 11.9. The molecule has 0 unspecified atom stereocenters. The van der Waals surface area contributed by atoms with Crippen LogP contribution in [0.5, 0.6) is 0 Å². The molecule has 3 rings (SSSR count). The van der Waals surface area contributed by atoms with Crippen LogP contribution in [0.3, 0.4) is 0 Å². The number of aromatic nitrogens is 1. The van der Waals surface area contributed by atoms with Gasteiger partial charge in [-0.1, -0.05) is 17.7 Å². The van der Waals surface area contributed by atoms with Gasteiger partial charge in [-0.3, -0.25) is 0 Å². The SMILES string of the molecule is Fc1ccc2nc(Nc3cccc(Cl)c3)oc2c1F. The Morgan fingerprint density at radius 3 is 2.79 bits per heavy atom. The number of halogens is 3. The van der Waals surface area contributed by atoms with Crippen molar-refractivity contribution in [3.05, 3.63) is 53.1 Å². The van der Waals surface area contributed by atoms with Crippen molar-refractivity contribution in [2.75, 3.05) is 5.32 Å². The molecule has 3 aromatic rings. The first-order chi connectivity index (χ1) is 9.13. The van der Waals surface area contributed by atoms with Gasteiger partial charge in [0.05, 0.1) is 0 Å². The molecule has 0 radical (unpaired) electrons. The van der Waals surface area contributed by atoms with Crippen LogP contribution in [0.15, 0.2) is 40.8 Å². The molecule has 0 fully saturated rings. The summed E-state index contributed by atoms with van der Waals surface area (Å²) in [7, 11) is 0. The van der Waals surface area contributed by atoms with E-state index in [9.17, 15) is 8.78 Å². The van der Waals surface area contributed by atoms with E-state index in [2.05, 4.69) is 10.3 Å². The monoisotopic (exact) mass is 280 g/mol. The summed E-state index contributed by atoms with van der Waals surface area (Å²) in [4.78, 5) is 4.01. The highest BCUT2D eigenvalue weighted by Gasteiger charge is 2.14. The zero-order valence-electron chi connectivity index (χ0n) is 9.45. The normalized spacial score (nSPS) is 10.9. The molecule has 0 aliphatic carbocycles. The maximum absolute atomic E-state index is 13.5. The predicted octanol–water partition coefficient (Wildman–Crippen LogP) is 4.50. The molecule has 0 amide bonds. The summed E-state index contributed by atoms with van der Waals surface area (Å²) in [6.07, 6.45) is 0. The number of rotatable bonds is 2. The molecular formula is C13H7ClF2N2O. The Labute approximate surface area is 111 Å². The molecule has 0 bridgehead atoms. The van der Waals surface area contributed by atoms with Crippen molar-refractivity contribution in [2.24, 2.45) is 0 Å². The molecule has 1 aromatic heterocycles. The van der Waals surface area contributed by atoms with Crippen LogP contribution in [0.1, 0.15) is 0 Å². The Balaban J connectivity index is 2.00. The number of anilines is 2. The van der Waals surface area contributed by atoms with Crippen molar-refractivity contribution in [3.63, 3.8) is 0 Å². The van der Waals surface area contributed by atoms with Gasteiger partial charge >= 0.3 is 0 Å². The summed E-state index contributed by atoms with van der Waals surface area (Å²) in [6, 6.07) is 9.29. The Morgan fingerprint density at radius 1 is 1.16 bits per heavy atom. The average Bonchev–Trinajstić information content (AvgIpc) is 2.77. The summed E-state index contributed by atoms with van der Waals surface area (Å²) < 4.78 is 31.6. The Kier molecular flexibility index (Phi) is 2.83. The lowest BCUT2D eigenvalue weighted by atomic mass is 10.3. The largest absolute Gasteiger partial charge is 0.420 e. The summed E-state index contributed by atoms with van der Waals surface area (Å²) >= 11 is 5.84. The topological polar surface area (TPSA) is 38.1 Å². The highest BCUT2D eigenvalue weighted by atomic mass is 35.5. The molecule has 3 nitrogen and oxygen atoms in total. The van der Waals surface area contributed by atoms with Crippen LogP contribution in [-0.4, -0.2) is 4.98 Å². The molecular weight excluding hydrogens is 274 g/mol. The van der Waals surface area contributed by atoms with Crippen LogP contribution in [0.4, 0.5) is 20.5 Å². The Hall–Kier alpha value is -2.14. The minimum Gasteiger partial charge on any atom is -0.420 e. The smallest absolute Gasteiger partial charge is 0.300 e. The van der Waals surface area contributed by atoms with Gasteiger partial charge in [-0.25, -0.2) is 4.39 Å². The molecule has 6 heteroatoms. The van der Waals surface area contributed by atoms with Crippen LogP contribution in [-0.2, 0) is 0 Å². The van der Waals surface area contributed by atoms with Crippen LogP contribution in [0, 0.1) is 11.6 Å². The van der Waals surface area contributed by atoms with Gasteiger partial charge in [-0.05, 0) is 30.3 Å². The van der Waals surface area contributed by atoms with Gasteiger partial charge in [-0.2, -0.15) is 9.37 Å². The fourth-order valence-corrected chi connectivity index (χ4v) is 1.87. The molecule has 0 aliphatic heterocycles. The van der Waals surface area contributed by atoms with Crippen LogP contribution in [0.25, 0.3) is 11.1 Å². The molecule has 0 saturated heterocycles. The van der Waals surface area contributed by atoms with E-state index < -0.39 is 11.6 Å². The summed E-state index contributed by atoms with van der Waals surface area (Å²) in [5, 5.41) is 3.37. The van der Waals surface area contributed by atoms with Crippen molar-refractivity contribution in [2.45, 2.75) is 0 Å². The van der Waals surface area contributed by atoms with E-state index in [0.717, 1.165) is 6.07 Å². The zero-order valence-corrected chi connectivity index (χ0v) is 10.2. The number of hydrogen-bond donors (Lipinski definition) is 1. The second-order valence-electron chi connectivity index (χ2n) is 3.86. The molecule has 1 N–H and O–H groups in total. The fourth-order valence-electron chi connectivity index (χ4n) is 1.68. The molecule has 96 valence electrons. The lowest BCUT2D eigenvalue weighted by Gasteiger charge is -2.00. The summed E-state index contributed by atoms with van der Waals surface area (Å²) in [5.74, 6) is -2.03. The maximum Gasteiger partial charge on any atom is 0.300 e. The number of oxazole rings is 1. The van der Waals surface area contributed by atoms with Crippen LogP contribution >= 0.6 is 11.6 Å². The van der Waals surface area contributed by atoms with Crippen molar-refractivity contribution in [1.82, 2.24) is 4.98 Å². The number of benzene rings is 2. The molecule has 2 aromatic carbocycles. The van der Waals surface area contributed by atoms with E-state index in [1.54, 1.807) is 24.3 Å². The van der Waals surface area contributed by atoms with Crippen molar-refractivity contribution in [3.8, 4) is 0 Å². The minimum absolute atomic E-state index is 0.0711. The van der Waals surface area contributed by atoms with E-state index in [-0.39, 0.29) is 17.1 Å². The number of nitrogens with one attached hydrogen (secondary N) is 1. The third-order valence-electron chi connectivity index (χ3n) is 2.53. The Bertz CT molecular complexity index is 757. The van der Waals surface area contributed by atoms with Gasteiger partial charge in [-0.15, -0.1) is 0 Å². The van der Waals surface area contributed by atoms with E-state index in [1.165, 1.54) is 6.07 Å². The molecule has 1 heterocycles. The van der Waals surface area contributed by atoms with Crippen molar-refractivity contribution in [1.29, 1.82) is 0 Å². The Morgan fingerprint density at radius 2 is 2.00 bits per heavy atom. The van der Waals surface area contributed by atoms with Crippen LogP contribution in [0.2, 0.25) is 5.02 Å². The van der Waals surface area contributed by atoms with Gasteiger partial charge < -0.3 is 9.73 Å². The zero-order chi connectivity index (χ0) is 13.4. The quantitative estimate of drug-likeness (QED) is 0.751. The van der Waals surface area contributed by atoms with Gasteiger partial charge in [0.2, 0.25) is 5.82 Å². The van der Waals surface area contributed by atoms with Gasteiger partial charge in [0, 0.05) is 10.7 Å². The number of hydrogen-bond acceptors (Lipinski definition) is 3. The number of fused-ring (bicyclic) bond motifs is 1. The third-order valence-corrected chi connectivity index (χ3v) is 2.76. The maximum atomic E-state index is 13.5. The van der Waals surface area contributed by atoms with Gasteiger partial charge in [0.25, 0.3) is 6.01 Å². The first-order valence-corrected chi connectivity index (χ1v) is 5.78. The van der Waals surface area contributed by atoms with Crippen molar-refractivity contribution < 1.29 is 13.2 Å². The highest BCUT2D eigenvalue weighted by molar-refractivity contribution is 6.30. The molecule has 0 atom stereocenters. The molecule has 19 heavy (non-hydrogen) atoms. The second-order valence-corrected chi connectivity index (χ2v) is 4.30.